The highest BCUT2D eigenvalue weighted by Crippen LogP contribution is 2.24. The molecule has 110 valence electrons. The molecule has 0 saturated heterocycles. The molecule has 0 spiro atoms. The molecular weight excluding hydrogens is 258 g/mol. The van der Waals surface area contributed by atoms with Crippen molar-refractivity contribution in [3.63, 3.8) is 0 Å². The summed E-state index contributed by atoms with van der Waals surface area (Å²) in [6.45, 7) is 4.13. The van der Waals surface area contributed by atoms with Crippen LogP contribution in [0.2, 0.25) is 0 Å². The van der Waals surface area contributed by atoms with Crippen molar-refractivity contribution in [3.8, 4) is 0 Å². The van der Waals surface area contributed by atoms with Gasteiger partial charge in [-0.2, -0.15) is 0 Å². The molecule has 2 heteroatoms. The fourth-order valence-electron chi connectivity index (χ4n) is 3.07. The van der Waals surface area contributed by atoms with Crippen molar-refractivity contribution < 1.29 is 5.11 Å². The summed E-state index contributed by atoms with van der Waals surface area (Å²) in [6.07, 6.45) is 2.64. The zero-order chi connectivity index (χ0) is 14.7. The third kappa shape index (κ3) is 3.11. The predicted molar refractivity (Wildman–Crippen MR) is 87.8 cm³/mol. The fraction of sp³-hybridized carbons (Fsp3) is 0.368. The molecule has 2 nitrogen and oxygen atoms in total. The first-order chi connectivity index (χ1) is 10.3. The molecule has 2 aromatic rings. The van der Waals surface area contributed by atoms with Crippen LogP contribution in [0.15, 0.2) is 48.5 Å². The Morgan fingerprint density at radius 1 is 0.952 bits per heavy atom. The van der Waals surface area contributed by atoms with E-state index in [-0.39, 0.29) is 6.10 Å². The van der Waals surface area contributed by atoms with E-state index >= 15 is 0 Å². The Balaban J connectivity index is 1.74. The number of benzene rings is 2. The van der Waals surface area contributed by atoms with Gasteiger partial charge in [0.15, 0.2) is 0 Å². The van der Waals surface area contributed by atoms with E-state index in [4.69, 9.17) is 0 Å². The van der Waals surface area contributed by atoms with Crippen LogP contribution in [-0.4, -0.2) is 18.2 Å². The van der Waals surface area contributed by atoms with Crippen molar-refractivity contribution >= 4 is 5.69 Å². The van der Waals surface area contributed by atoms with E-state index in [0.29, 0.717) is 0 Å². The number of nitrogens with zero attached hydrogens (tertiary/aromatic N) is 1. The van der Waals surface area contributed by atoms with Gasteiger partial charge < -0.3 is 10.0 Å². The summed E-state index contributed by atoms with van der Waals surface area (Å²) >= 11 is 0. The normalized spacial score (nSPS) is 16.2. The number of fused-ring (bicyclic) bond motifs is 1. The fourth-order valence-corrected chi connectivity index (χ4v) is 3.07. The third-order valence-electron chi connectivity index (χ3n) is 4.45. The summed E-state index contributed by atoms with van der Waals surface area (Å²) < 4.78 is 0. The summed E-state index contributed by atoms with van der Waals surface area (Å²) in [6, 6.07) is 17.2. The summed E-state index contributed by atoms with van der Waals surface area (Å²) in [5.41, 5.74) is 5.24. The van der Waals surface area contributed by atoms with Gasteiger partial charge in [0.2, 0.25) is 0 Å². The number of rotatable bonds is 3. The molecule has 0 unspecified atom stereocenters. The Bertz CT molecular complexity index is 564. The number of aliphatic hydroxyl groups excluding tert-OH is 1. The van der Waals surface area contributed by atoms with Gasteiger partial charge in [0.25, 0.3) is 0 Å². The zero-order valence-corrected chi connectivity index (χ0v) is 12.6. The Labute approximate surface area is 127 Å². The molecule has 0 radical (unpaired) electrons. The third-order valence-corrected chi connectivity index (χ3v) is 4.45. The summed E-state index contributed by atoms with van der Waals surface area (Å²) in [4.78, 5) is 2.45. The van der Waals surface area contributed by atoms with Gasteiger partial charge in [-0.1, -0.05) is 43.3 Å². The molecule has 1 aliphatic rings. The van der Waals surface area contributed by atoms with Crippen molar-refractivity contribution in [2.24, 2.45) is 0 Å². The number of aliphatic hydroxyl groups is 1. The molecule has 3 rings (SSSR count). The number of anilines is 1. The number of hydrogen-bond donors (Lipinski definition) is 1. The highest BCUT2D eigenvalue weighted by molar-refractivity contribution is 5.49. The van der Waals surface area contributed by atoms with Crippen LogP contribution in [0.25, 0.3) is 0 Å². The maximum Gasteiger partial charge on any atom is 0.0787 e. The molecule has 0 bridgehead atoms. The lowest BCUT2D eigenvalue weighted by Gasteiger charge is -2.23. The monoisotopic (exact) mass is 281 g/mol. The van der Waals surface area contributed by atoms with Crippen molar-refractivity contribution in [1.82, 2.24) is 0 Å². The lowest BCUT2D eigenvalue weighted by atomic mass is 10.0. The molecule has 1 heterocycles. The van der Waals surface area contributed by atoms with E-state index in [9.17, 15) is 5.11 Å². The van der Waals surface area contributed by atoms with Crippen molar-refractivity contribution in [1.29, 1.82) is 0 Å². The smallest absolute Gasteiger partial charge is 0.0787 e. The topological polar surface area (TPSA) is 23.5 Å². The van der Waals surface area contributed by atoms with E-state index < -0.39 is 0 Å². The molecule has 0 fully saturated rings. The zero-order valence-electron chi connectivity index (χ0n) is 12.6. The van der Waals surface area contributed by atoms with Gasteiger partial charge in [0, 0.05) is 18.8 Å². The summed E-state index contributed by atoms with van der Waals surface area (Å²) in [7, 11) is 0. The van der Waals surface area contributed by atoms with Crippen molar-refractivity contribution in [2.75, 3.05) is 18.0 Å². The standard InChI is InChI=1S/C19H23NO/c1-2-19(21)17-7-9-18(10-8-17)20-13-11-15-5-3-4-6-16(15)12-14-20/h3-10,19,21H,2,11-14H2,1H3/t19-/m1/s1. The van der Waals surface area contributed by atoms with Crippen LogP contribution in [0.3, 0.4) is 0 Å². The lowest BCUT2D eigenvalue weighted by Crippen LogP contribution is -2.25. The average molecular weight is 281 g/mol. The second kappa shape index (κ2) is 6.31. The maximum atomic E-state index is 9.88. The molecule has 0 aromatic heterocycles. The Morgan fingerprint density at radius 3 is 2.05 bits per heavy atom. The van der Waals surface area contributed by atoms with Crippen molar-refractivity contribution in [3.05, 3.63) is 65.2 Å². The molecule has 21 heavy (non-hydrogen) atoms. The van der Waals surface area contributed by atoms with E-state index in [1.807, 2.05) is 6.92 Å². The SMILES string of the molecule is CC[C@@H](O)c1ccc(N2CCc3ccccc3CC2)cc1. The van der Waals surface area contributed by atoms with Gasteiger partial charge in [0.05, 0.1) is 6.10 Å². The molecule has 2 aromatic carbocycles. The minimum absolute atomic E-state index is 0.340. The van der Waals surface area contributed by atoms with E-state index in [1.165, 1.54) is 16.8 Å². The highest BCUT2D eigenvalue weighted by atomic mass is 16.3. The minimum atomic E-state index is -0.340. The summed E-state index contributed by atoms with van der Waals surface area (Å²) in [5, 5.41) is 9.88. The van der Waals surface area contributed by atoms with Crippen LogP contribution in [0.5, 0.6) is 0 Å². The number of hydrogen-bond acceptors (Lipinski definition) is 2. The largest absolute Gasteiger partial charge is 0.388 e. The van der Waals surface area contributed by atoms with Crippen molar-refractivity contribution in [2.45, 2.75) is 32.3 Å². The maximum absolute atomic E-state index is 9.88. The van der Waals surface area contributed by atoms with E-state index in [0.717, 1.165) is 37.9 Å². The van der Waals surface area contributed by atoms with Gasteiger partial charge in [-0.3, -0.25) is 0 Å². The molecular formula is C19H23NO. The average Bonchev–Trinajstić information content (AvgIpc) is 2.77. The lowest BCUT2D eigenvalue weighted by molar-refractivity contribution is 0.173. The Morgan fingerprint density at radius 2 is 1.52 bits per heavy atom. The van der Waals surface area contributed by atoms with Crippen LogP contribution in [0.4, 0.5) is 5.69 Å². The Kier molecular flexibility index (Phi) is 4.26. The van der Waals surface area contributed by atoms with Crippen LogP contribution in [-0.2, 0) is 12.8 Å². The second-order valence-electron chi connectivity index (χ2n) is 5.77. The molecule has 0 aliphatic carbocycles. The van der Waals surface area contributed by atoms with E-state index in [2.05, 4.69) is 53.4 Å². The van der Waals surface area contributed by atoms with Gasteiger partial charge in [-0.15, -0.1) is 0 Å². The first kappa shape index (κ1) is 14.2. The minimum Gasteiger partial charge on any atom is -0.388 e. The molecule has 1 atom stereocenters. The molecule has 0 saturated carbocycles. The second-order valence-corrected chi connectivity index (χ2v) is 5.77. The van der Waals surface area contributed by atoms with Crippen LogP contribution < -0.4 is 4.90 Å². The molecule has 0 amide bonds. The first-order valence-electron chi connectivity index (χ1n) is 7.87. The first-order valence-corrected chi connectivity index (χ1v) is 7.87. The summed E-state index contributed by atoms with van der Waals surface area (Å²) in [5.74, 6) is 0. The predicted octanol–water partition coefficient (Wildman–Crippen LogP) is 3.74. The highest BCUT2D eigenvalue weighted by Gasteiger charge is 2.14. The van der Waals surface area contributed by atoms with Crippen LogP contribution in [0, 0.1) is 0 Å². The quantitative estimate of drug-likeness (QED) is 0.926. The Hall–Kier alpha value is -1.80. The van der Waals surface area contributed by atoms with Gasteiger partial charge in [-0.25, -0.2) is 0 Å². The van der Waals surface area contributed by atoms with E-state index in [1.54, 1.807) is 0 Å². The molecule has 1 aliphatic heterocycles. The van der Waals surface area contributed by atoms with Gasteiger partial charge in [-0.05, 0) is 48.1 Å². The van der Waals surface area contributed by atoms with Crippen LogP contribution in [0.1, 0.15) is 36.1 Å². The van der Waals surface area contributed by atoms with Crippen LogP contribution >= 0.6 is 0 Å². The molecule has 1 N–H and O–H groups in total. The van der Waals surface area contributed by atoms with Gasteiger partial charge in [0.1, 0.15) is 0 Å². The van der Waals surface area contributed by atoms with Gasteiger partial charge >= 0.3 is 0 Å².